The van der Waals surface area contributed by atoms with Crippen LogP contribution >= 0.6 is 0 Å². The van der Waals surface area contributed by atoms with E-state index in [1.165, 1.54) is 7.05 Å². The number of aryl methyl sites for hydroxylation is 1. The summed E-state index contributed by atoms with van der Waals surface area (Å²) in [7, 11) is -3.23. The van der Waals surface area contributed by atoms with Gasteiger partial charge in [-0.1, -0.05) is 19.1 Å². The Bertz CT molecular complexity index is 1690. The second kappa shape index (κ2) is 9.20. The lowest BCUT2D eigenvalue weighted by Crippen LogP contribution is -2.15. The molecule has 4 rings (SSSR count). The predicted octanol–water partition coefficient (Wildman–Crippen LogP) is 6.55. The van der Waals surface area contributed by atoms with Gasteiger partial charge in [-0.2, -0.15) is 39.5 Å². The molecule has 0 aliphatic carbocycles. The van der Waals surface area contributed by atoms with Gasteiger partial charge in [0.1, 0.15) is 11.4 Å². The molecule has 3 heterocycles. The summed E-state index contributed by atoms with van der Waals surface area (Å²) in [6.07, 6.45) is -14.2. The molecule has 0 aliphatic rings. The minimum absolute atomic E-state index is 0.0415. The lowest BCUT2D eigenvalue weighted by atomic mass is 10.0. The second-order valence-corrected chi connectivity index (χ2v) is 10.5. The molecular formula is C23H15F9N4O2S. The van der Waals surface area contributed by atoms with E-state index in [1.54, 1.807) is 0 Å². The number of nitrogens with zero attached hydrogens (tertiary/aromatic N) is 4. The number of pyridine rings is 2. The summed E-state index contributed by atoms with van der Waals surface area (Å²) in [6.45, 7) is 1.14. The summed E-state index contributed by atoms with van der Waals surface area (Å²) < 4.78 is 148. The molecule has 0 radical (unpaired) electrons. The van der Waals surface area contributed by atoms with Crippen molar-refractivity contribution in [3.05, 3.63) is 59.4 Å². The Balaban J connectivity index is 2.11. The van der Waals surface area contributed by atoms with Gasteiger partial charge in [-0.05, 0) is 24.3 Å². The first-order chi connectivity index (χ1) is 17.8. The Kier molecular flexibility index (Phi) is 6.68. The highest BCUT2D eigenvalue weighted by atomic mass is 32.2. The smallest absolute Gasteiger partial charge is 0.324 e. The molecule has 0 spiro atoms. The van der Waals surface area contributed by atoms with Crippen LogP contribution in [0, 0.1) is 0 Å². The average Bonchev–Trinajstić information content (AvgIpc) is 3.17. The fraction of sp³-hybridized carbons (Fsp3) is 0.261. The van der Waals surface area contributed by atoms with E-state index in [0.29, 0.717) is 18.2 Å². The minimum atomic E-state index is -5.25. The van der Waals surface area contributed by atoms with Crippen molar-refractivity contribution in [3.63, 3.8) is 0 Å². The predicted molar refractivity (Wildman–Crippen MR) is 120 cm³/mol. The van der Waals surface area contributed by atoms with Crippen LogP contribution in [0.2, 0.25) is 0 Å². The fourth-order valence-corrected chi connectivity index (χ4v) is 4.82. The van der Waals surface area contributed by atoms with E-state index in [4.69, 9.17) is 0 Å². The summed E-state index contributed by atoms with van der Waals surface area (Å²) in [5.74, 6) is -1.13. The number of halogens is 9. The SMILES string of the molecule is CCS(=O)(=O)c1cc(C(F)(F)F)c(-c2cccc(C(F)(F)F)c2)nc1-c1nc2cc(C(F)(F)F)ncc2n1C. The van der Waals surface area contributed by atoms with Gasteiger partial charge in [0.2, 0.25) is 0 Å². The zero-order chi connectivity index (χ0) is 29.1. The number of hydrogen-bond acceptors (Lipinski definition) is 5. The van der Waals surface area contributed by atoms with E-state index in [1.807, 2.05) is 0 Å². The first kappa shape index (κ1) is 28.3. The van der Waals surface area contributed by atoms with Gasteiger partial charge in [0.05, 0.1) is 44.7 Å². The molecule has 39 heavy (non-hydrogen) atoms. The van der Waals surface area contributed by atoms with Crippen LogP contribution < -0.4 is 0 Å². The summed E-state index contributed by atoms with van der Waals surface area (Å²) >= 11 is 0. The number of hydrogen-bond donors (Lipinski definition) is 0. The molecule has 0 fully saturated rings. The number of aromatic nitrogens is 4. The average molecular weight is 582 g/mol. The summed E-state index contributed by atoms with van der Waals surface area (Å²) in [5, 5.41) is 0. The van der Waals surface area contributed by atoms with Crippen LogP contribution in [0.15, 0.2) is 47.5 Å². The monoisotopic (exact) mass is 582 g/mol. The van der Waals surface area contributed by atoms with E-state index in [0.717, 1.165) is 29.8 Å². The molecule has 208 valence electrons. The number of sulfone groups is 1. The molecule has 4 aromatic rings. The van der Waals surface area contributed by atoms with Crippen LogP contribution in [-0.2, 0) is 35.4 Å². The molecule has 0 N–H and O–H groups in total. The second-order valence-electron chi connectivity index (χ2n) is 8.26. The van der Waals surface area contributed by atoms with Crippen molar-refractivity contribution in [1.29, 1.82) is 0 Å². The van der Waals surface area contributed by atoms with Gasteiger partial charge in [0.25, 0.3) is 0 Å². The van der Waals surface area contributed by atoms with Crippen LogP contribution in [-0.4, -0.2) is 33.7 Å². The lowest BCUT2D eigenvalue weighted by molar-refractivity contribution is -0.141. The maximum Gasteiger partial charge on any atom is 0.433 e. The maximum atomic E-state index is 14.1. The molecular weight excluding hydrogens is 567 g/mol. The van der Waals surface area contributed by atoms with Crippen LogP contribution in [0.1, 0.15) is 23.7 Å². The molecule has 0 saturated heterocycles. The van der Waals surface area contributed by atoms with Crippen molar-refractivity contribution in [2.75, 3.05) is 5.75 Å². The largest absolute Gasteiger partial charge is 0.433 e. The Morgan fingerprint density at radius 2 is 1.51 bits per heavy atom. The third kappa shape index (κ3) is 5.29. The molecule has 16 heteroatoms. The van der Waals surface area contributed by atoms with E-state index in [-0.39, 0.29) is 17.1 Å². The highest BCUT2D eigenvalue weighted by molar-refractivity contribution is 7.91. The van der Waals surface area contributed by atoms with Crippen LogP contribution in [0.4, 0.5) is 39.5 Å². The van der Waals surface area contributed by atoms with E-state index >= 15 is 0 Å². The Hall–Kier alpha value is -3.69. The van der Waals surface area contributed by atoms with Crippen molar-refractivity contribution in [2.45, 2.75) is 30.3 Å². The maximum absolute atomic E-state index is 14.1. The van der Waals surface area contributed by atoms with E-state index in [2.05, 4.69) is 15.0 Å². The summed E-state index contributed by atoms with van der Waals surface area (Å²) in [4.78, 5) is 10.2. The van der Waals surface area contributed by atoms with Gasteiger partial charge < -0.3 is 4.57 Å². The van der Waals surface area contributed by atoms with Crippen molar-refractivity contribution < 1.29 is 47.9 Å². The van der Waals surface area contributed by atoms with Gasteiger partial charge >= 0.3 is 18.5 Å². The van der Waals surface area contributed by atoms with Crippen molar-refractivity contribution >= 4 is 20.9 Å². The Morgan fingerprint density at radius 1 is 0.846 bits per heavy atom. The van der Waals surface area contributed by atoms with Crippen LogP contribution in [0.3, 0.4) is 0 Å². The molecule has 0 bridgehead atoms. The summed E-state index contributed by atoms with van der Waals surface area (Å²) in [6, 6.07) is 3.64. The highest BCUT2D eigenvalue weighted by Gasteiger charge is 2.39. The van der Waals surface area contributed by atoms with Gasteiger partial charge in [-0.25, -0.2) is 23.4 Å². The Labute approximate surface area is 214 Å². The van der Waals surface area contributed by atoms with Gasteiger partial charge in [0, 0.05) is 12.6 Å². The van der Waals surface area contributed by atoms with Crippen LogP contribution in [0.25, 0.3) is 33.8 Å². The number of alkyl halides is 9. The number of benzene rings is 1. The molecule has 0 unspecified atom stereocenters. The van der Waals surface area contributed by atoms with Gasteiger partial charge in [0.15, 0.2) is 15.7 Å². The summed E-state index contributed by atoms with van der Waals surface area (Å²) in [5.41, 5.74) is -6.95. The van der Waals surface area contributed by atoms with Crippen LogP contribution in [0.5, 0.6) is 0 Å². The number of imidazole rings is 1. The van der Waals surface area contributed by atoms with E-state index in [9.17, 15) is 47.9 Å². The van der Waals surface area contributed by atoms with Gasteiger partial charge in [-0.3, -0.25) is 0 Å². The lowest BCUT2D eigenvalue weighted by Gasteiger charge is -2.18. The highest BCUT2D eigenvalue weighted by Crippen LogP contribution is 2.42. The third-order valence-corrected chi connectivity index (χ3v) is 7.48. The van der Waals surface area contributed by atoms with E-state index < -0.39 is 78.6 Å². The normalized spacial score (nSPS) is 13.3. The molecule has 1 aromatic carbocycles. The zero-order valence-electron chi connectivity index (χ0n) is 19.7. The molecule has 0 saturated carbocycles. The standard InChI is InChI=1S/C23H15F9N4O2S/c1-3-39(37,38)16-8-13(22(27,28)29)18(11-5-4-6-12(7-11)21(24,25)26)35-19(16)20-34-14-9-17(23(30,31)32)33-10-15(14)36(20)2/h4-10H,3H2,1-2H3. The first-order valence-electron chi connectivity index (χ1n) is 10.8. The Morgan fingerprint density at radius 3 is 2.08 bits per heavy atom. The minimum Gasteiger partial charge on any atom is -0.324 e. The fourth-order valence-electron chi connectivity index (χ4n) is 3.78. The molecule has 6 nitrogen and oxygen atoms in total. The third-order valence-electron chi connectivity index (χ3n) is 5.74. The zero-order valence-corrected chi connectivity index (χ0v) is 20.5. The number of fused-ring (bicyclic) bond motifs is 1. The van der Waals surface area contributed by atoms with Crippen molar-refractivity contribution in [2.24, 2.45) is 7.05 Å². The molecule has 0 atom stereocenters. The quantitative estimate of drug-likeness (QED) is 0.255. The van der Waals surface area contributed by atoms with Crippen molar-refractivity contribution in [3.8, 4) is 22.8 Å². The number of rotatable bonds is 4. The topological polar surface area (TPSA) is 77.7 Å². The van der Waals surface area contributed by atoms with Gasteiger partial charge in [-0.15, -0.1) is 0 Å². The molecule has 0 aliphatic heterocycles. The molecule has 3 aromatic heterocycles. The van der Waals surface area contributed by atoms with Crippen molar-refractivity contribution in [1.82, 2.24) is 19.5 Å². The first-order valence-corrected chi connectivity index (χ1v) is 12.4. The molecule has 0 amide bonds.